The van der Waals surface area contributed by atoms with Crippen LogP contribution in [0.4, 0.5) is 10.1 Å². The van der Waals surface area contributed by atoms with E-state index in [4.69, 9.17) is 5.11 Å². The molecule has 104 valence electrons. The zero-order chi connectivity index (χ0) is 13.8. The molecule has 1 fully saturated rings. The Balaban J connectivity index is 2.24. The van der Waals surface area contributed by atoms with Crippen molar-refractivity contribution in [1.82, 2.24) is 0 Å². The second kappa shape index (κ2) is 6.02. The summed E-state index contributed by atoms with van der Waals surface area (Å²) in [6, 6.07) is 3.93. The van der Waals surface area contributed by atoms with Gasteiger partial charge in [0, 0.05) is 18.6 Å². The van der Waals surface area contributed by atoms with Crippen molar-refractivity contribution >= 4 is 11.7 Å². The van der Waals surface area contributed by atoms with Gasteiger partial charge in [-0.1, -0.05) is 18.9 Å². The van der Waals surface area contributed by atoms with E-state index in [-0.39, 0.29) is 29.8 Å². The molecular weight excluding hydrogens is 249 g/mol. The van der Waals surface area contributed by atoms with Crippen LogP contribution in [0.5, 0.6) is 0 Å². The molecule has 4 nitrogen and oxygen atoms in total. The Labute approximate surface area is 111 Å². The summed E-state index contributed by atoms with van der Waals surface area (Å²) in [7, 11) is 0. The van der Waals surface area contributed by atoms with Crippen LogP contribution < -0.4 is 5.32 Å². The zero-order valence-electron chi connectivity index (χ0n) is 10.6. The van der Waals surface area contributed by atoms with Crippen LogP contribution in [0.15, 0.2) is 18.2 Å². The van der Waals surface area contributed by atoms with E-state index in [0.717, 1.165) is 25.7 Å². The highest BCUT2D eigenvalue weighted by atomic mass is 19.1. The number of nitrogens with one attached hydrogen (secondary N) is 1. The Kier molecular flexibility index (Phi) is 4.37. The summed E-state index contributed by atoms with van der Waals surface area (Å²) in [6.07, 6.45) is 3.75. The second-order valence-corrected chi connectivity index (χ2v) is 4.95. The number of carboxylic acids is 1. The summed E-state index contributed by atoms with van der Waals surface area (Å²) in [5.41, 5.74) is -0.0392. The molecule has 0 bridgehead atoms. The molecule has 1 saturated carbocycles. The number of carboxylic acid groups (broad SMARTS) is 1. The fourth-order valence-corrected chi connectivity index (χ4v) is 2.65. The van der Waals surface area contributed by atoms with E-state index in [2.05, 4.69) is 5.32 Å². The van der Waals surface area contributed by atoms with E-state index >= 15 is 0 Å². The third-order valence-electron chi connectivity index (χ3n) is 3.72. The number of carbonyl (C=O) groups is 1. The lowest BCUT2D eigenvalue weighted by atomic mass is 9.85. The molecular formula is C14H18FNO3. The van der Waals surface area contributed by atoms with E-state index in [1.54, 1.807) is 0 Å². The lowest BCUT2D eigenvalue weighted by Gasteiger charge is -2.32. The highest BCUT2D eigenvalue weighted by molar-refractivity contribution is 5.94. The minimum Gasteiger partial charge on any atom is -0.478 e. The first-order valence-electron chi connectivity index (χ1n) is 6.52. The van der Waals surface area contributed by atoms with Gasteiger partial charge in [0.25, 0.3) is 0 Å². The van der Waals surface area contributed by atoms with E-state index in [1.165, 1.54) is 18.2 Å². The first-order chi connectivity index (χ1) is 9.13. The highest BCUT2D eigenvalue weighted by Crippen LogP contribution is 2.29. The zero-order valence-corrected chi connectivity index (χ0v) is 10.6. The van der Waals surface area contributed by atoms with Gasteiger partial charge < -0.3 is 15.5 Å². The van der Waals surface area contributed by atoms with E-state index in [0.29, 0.717) is 0 Å². The molecule has 1 aliphatic rings. The summed E-state index contributed by atoms with van der Waals surface area (Å²) in [5.74, 6) is -1.67. The van der Waals surface area contributed by atoms with Gasteiger partial charge in [0.15, 0.2) is 0 Å². The lowest BCUT2D eigenvalue weighted by Crippen LogP contribution is -2.35. The smallest absolute Gasteiger partial charge is 0.337 e. The van der Waals surface area contributed by atoms with Crippen LogP contribution in [-0.2, 0) is 0 Å². The van der Waals surface area contributed by atoms with Crippen molar-refractivity contribution in [2.24, 2.45) is 5.92 Å². The van der Waals surface area contributed by atoms with Gasteiger partial charge in [-0.25, -0.2) is 9.18 Å². The Morgan fingerprint density at radius 3 is 2.79 bits per heavy atom. The van der Waals surface area contributed by atoms with Gasteiger partial charge in [-0.3, -0.25) is 0 Å². The summed E-state index contributed by atoms with van der Waals surface area (Å²) in [5, 5.41) is 21.4. The van der Waals surface area contributed by atoms with Crippen LogP contribution in [-0.4, -0.2) is 28.8 Å². The molecule has 2 atom stereocenters. The van der Waals surface area contributed by atoms with Gasteiger partial charge >= 0.3 is 5.97 Å². The molecule has 2 rings (SSSR count). The number of benzene rings is 1. The number of aromatic carboxylic acids is 1. The molecule has 0 saturated heterocycles. The van der Waals surface area contributed by atoms with Crippen molar-refractivity contribution in [1.29, 1.82) is 0 Å². The quantitative estimate of drug-likeness (QED) is 0.784. The maximum atomic E-state index is 13.8. The maximum absolute atomic E-state index is 13.8. The Hall–Kier alpha value is -1.62. The molecule has 1 aromatic rings. The summed E-state index contributed by atoms with van der Waals surface area (Å²) in [4.78, 5) is 11.1. The fraction of sp³-hybridized carbons (Fsp3) is 0.500. The van der Waals surface area contributed by atoms with Crippen molar-refractivity contribution in [3.05, 3.63) is 29.6 Å². The first-order valence-corrected chi connectivity index (χ1v) is 6.52. The van der Waals surface area contributed by atoms with Crippen molar-refractivity contribution in [3.63, 3.8) is 0 Å². The number of aliphatic hydroxyl groups is 1. The molecule has 0 aromatic heterocycles. The molecule has 2 unspecified atom stereocenters. The summed E-state index contributed by atoms with van der Waals surface area (Å²) >= 11 is 0. The number of hydrogen-bond acceptors (Lipinski definition) is 3. The Bertz CT molecular complexity index is 464. The van der Waals surface area contributed by atoms with Gasteiger partial charge in [-0.05, 0) is 25.0 Å². The molecule has 5 heteroatoms. The Morgan fingerprint density at radius 1 is 1.37 bits per heavy atom. The second-order valence-electron chi connectivity index (χ2n) is 4.95. The number of anilines is 1. The molecule has 0 spiro atoms. The third kappa shape index (κ3) is 3.04. The largest absolute Gasteiger partial charge is 0.478 e. The first kappa shape index (κ1) is 13.8. The van der Waals surface area contributed by atoms with Crippen molar-refractivity contribution in [3.8, 4) is 0 Å². The van der Waals surface area contributed by atoms with E-state index in [9.17, 15) is 14.3 Å². The predicted molar refractivity (Wildman–Crippen MR) is 69.8 cm³/mol. The Morgan fingerprint density at radius 2 is 2.11 bits per heavy atom. The minimum absolute atomic E-state index is 0.0281. The van der Waals surface area contributed by atoms with Crippen molar-refractivity contribution in [2.75, 3.05) is 11.9 Å². The number of hydrogen-bond donors (Lipinski definition) is 3. The van der Waals surface area contributed by atoms with Crippen LogP contribution in [0.25, 0.3) is 0 Å². The fourth-order valence-electron chi connectivity index (χ4n) is 2.65. The number of rotatable bonds is 4. The minimum atomic E-state index is -1.15. The average molecular weight is 267 g/mol. The van der Waals surface area contributed by atoms with Crippen LogP contribution in [0.2, 0.25) is 0 Å². The van der Waals surface area contributed by atoms with Crippen LogP contribution >= 0.6 is 0 Å². The monoisotopic (exact) mass is 267 g/mol. The normalized spacial score (nSPS) is 23.1. The van der Waals surface area contributed by atoms with Crippen molar-refractivity contribution in [2.45, 2.75) is 31.7 Å². The standard InChI is InChI=1S/C14H18FNO3/c15-11-6-3-5-10(14(18)19)13(11)16-12-7-2-1-4-9(12)8-17/h3,5-6,9,12,16-17H,1-2,4,7-8H2,(H,18,19). The van der Waals surface area contributed by atoms with E-state index < -0.39 is 11.8 Å². The van der Waals surface area contributed by atoms with Crippen molar-refractivity contribution < 1.29 is 19.4 Å². The summed E-state index contributed by atoms with van der Waals surface area (Å²) < 4.78 is 13.8. The molecule has 0 amide bonds. The van der Waals surface area contributed by atoms with Gasteiger partial charge in [-0.15, -0.1) is 0 Å². The number of para-hydroxylation sites is 1. The molecule has 1 aromatic carbocycles. The molecule has 1 aliphatic carbocycles. The van der Waals surface area contributed by atoms with Crippen LogP contribution in [0.1, 0.15) is 36.0 Å². The van der Waals surface area contributed by atoms with Gasteiger partial charge in [0.2, 0.25) is 0 Å². The highest BCUT2D eigenvalue weighted by Gasteiger charge is 2.26. The average Bonchev–Trinajstić information content (AvgIpc) is 2.41. The number of aliphatic hydroxyl groups excluding tert-OH is 1. The van der Waals surface area contributed by atoms with Crippen LogP contribution in [0.3, 0.4) is 0 Å². The topological polar surface area (TPSA) is 69.6 Å². The predicted octanol–water partition coefficient (Wildman–Crippen LogP) is 2.49. The molecule has 0 radical (unpaired) electrons. The molecule has 19 heavy (non-hydrogen) atoms. The van der Waals surface area contributed by atoms with Gasteiger partial charge in [0.1, 0.15) is 5.82 Å². The van der Waals surface area contributed by atoms with Gasteiger partial charge in [0.05, 0.1) is 11.3 Å². The molecule has 0 aliphatic heterocycles. The van der Waals surface area contributed by atoms with Crippen LogP contribution in [0, 0.1) is 11.7 Å². The van der Waals surface area contributed by atoms with E-state index in [1.807, 2.05) is 0 Å². The SMILES string of the molecule is O=C(O)c1cccc(F)c1NC1CCCCC1CO. The maximum Gasteiger partial charge on any atom is 0.337 e. The third-order valence-corrected chi connectivity index (χ3v) is 3.72. The molecule has 0 heterocycles. The van der Waals surface area contributed by atoms with Gasteiger partial charge in [-0.2, -0.15) is 0 Å². The lowest BCUT2D eigenvalue weighted by molar-refractivity contribution is 0.0697. The summed E-state index contributed by atoms with van der Waals surface area (Å²) in [6.45, 7) is 0.0362. The number of halogens is 1. The molecule has 3 N–H and O–H groups in total.